The molecule has 0 aliphatic rings. The van der Waals surface area contributed by atoms with Gasteiger partial charge < -0.3 is 15.8 Å². The molecule has 7 heteroatoms. The third-order valence-electron chi connectivity index (χ3n) is 2.85. The van der Waals surface area contributed by atoms with Crippen LogP contribution < -0.4 is 11.1 Å². The molecule has 0 aliphatic carbocycles. The SMILES string of the molecule is COC(=O)C(CC(C)C)NC(=O)c1c(F)ccc(N)c1F. The van der Waals surface area contributed by atoms with Gasteiger partial charge in [0.15, 0.2) is 5.82 Å². The Hall–Kier alpha value is -2.18. The number of esters is 1. The lowest BCUT2D eigenvalue weighted by Gasteiger charge is -2.18. The molecule has 116 valence electrons. The van der Waals surface area contributed by atoms with Gasteiger partial charge >= 0.3 is 5.97 Å². The van der Waals surface area contributed by atoms with Crippen molar-refractivity contribution in [2.75, 3.05) is 12.8 Å². The molecule has 21 heavy (non-hydrogen) atoms. The Morgan fingerprint density at radius 3 is 2.48 bits per heavy atom. The van der Waals surface area contributed by atoms with Gasteiger partial charge in [0.25, 0.3) is 5.91 Å². The molecule has 0 heterocycles. The number of methoxy groups -OCH3 is 1. The highest BCUT2D eigenvalue weighted by Gasteiger charge is 2.26. The Balaban J connectivity index is 3.02. The van der Waals surface area contributed by atoms with Crippen LogP contribution in [0.25, 0.3) is 0 Å². The van der Waals surface area contributed by atoms with E-state index in [0.717, 1.165) is 12.1 Å². The van der Waals surface area contributed by atoms with Crippen LogP contribution in [0.1, 0.15) is 30.6 Å². The van der Waals surface area contributed by atoms with E-state index < -0.39 is 35.1 Å². The fourth-order valence-corrected chi connectivity index (χ4v) is 1.83. The summed E-state index contributed by atoms with van der Waals surface area (Å²) in [5.74, 6) is -3.85. The van der Waals surface area contributed by atoms with Crippen molar-refractivity contribution in [3.63, 3.8) is 0 Å². The van der Waals surface area contributed by atoms with Gasteiger partial charge in [0.1, 0.15) is 17.4 Å². The van der Waals surface area contributed by atoms with E-state index >= 15 is 0 Å². The van der Waals surface area contributed by atoms with Crippen LogP contribution in [0, 0.1) is 17.6 Å². The second-order valence-electron chi connectivity index (χ2n) is 5.00. The molecule has 5 nitrogen and oxygen atoms in total. The molecule has 1 unspecified atom stereocenters. The van der Waals surface area contributed by atoms with Crippen LogP contribution in [0.2, 0.25) is 0 Å². The zero-order valence-electron chi connectivity index (χ0n) is 12.1. The van der Waals surface area contributed by atoms with Gasteiger partial charge in [-0.1, -0.05) is 13.8 Å². The third-order valence-corrected chi connectivity index (χ3v) is 2.85. The van der Waals surface area contributed by atoms with Gasteiger partial charge in [0.2, 0.25) is 0 Å². The lowest BCUT2D eigenvalue weighted by molar-refractivity contribution is -0.143. The summed E-state index contributed by atoms with van der Waals surface area (Å²) < 4.78 is 31.9. The van der Waals surface area contributed by atoms with Crippen molar-refractivity contribution in [2.45, 2.75) is 26.3 Å². The largest absolute Gasteiger partial charge is 0.467 e. The molecule has 0 saturated carbocycles. The summed E-state index contributed by atoms with van der Waals surface area (Å²) in [4.78, 5) is 23.6. The fourth-order valence-electron chi connectivity index (χ4n) is 1.83. The number of anilines is 1. The molecule has 0 spiro atoms. The highest BCUT2D eigenvalue weighted by molar-refractivity contribution is 5.98. The second-order valence-corrected chi connectivity index (χ2v) is 5.00. The number of halogens is 2. The summed E-state index contributed by atoms with van der Waals surface area (Å²) in [6, 6.07) is 0.929. The number of hydrogen-bond acceptors (Lipinski definition) is 4. The molecule has 0 aliphatic heterocycles. The standard InChI is InChI=1S/C14H18F2N2O3/c1-7(2)6-10(14(20)21-3)18-13(19)11-8(15)4-5-9(17)12(11)16/h4-5,7,10H,6,17H2,1-3H3,(H,18,19). The van der Waals surface area contributed by atoms with Crippen LogP contribution in [0.3, 0.4) is 0 Å². The number of benzene rings is 1. The van der Waals surface area contributed by atoms with Crippen LogP contribution in [0.15, 0.2) is 12.1 Å². The Kier molecular flexibility index (Phi) is 5.63. The number of nitrogens with one attached hydrogen (secondary N) is 1. The molecular weight excluding hydrogens is 282 g/mol. The van der Waals surface area contributed by atoms with Crippen LogP contribution in [-0.4, -0.2) is 25.0 Å². The first kappa shape index (κ1) is 16.9. The van der Waals surface area contributed by atoms with E-state index in [1.165, 1.54) is 7.11 Å². The normalized spacial score (nSPS) is 12.1. The van der Waals surface area contributed by atoms with Gasteiger partial charge in [-0.3, -0.25) is 4.79 Å². The van der Waals surface area contributed by atoms with Crippen LogP contribution in [0.4, 0.5) is 14.5 Å². The van der Waals surface area contributed by atoms with E-state index in [-0.39, 0.29) is 18.0 Å². The maximum Gasteiger partial charge on any atom is 0.328 e. The van der Waals surface area contributed by atoms with Crippen molar-refractivity contribution in [2.24, 2.45) is 5.92 Å². The molecule has 0 fully saturated rings. The predicted octanol–water partition coefficient (Wildman–Crippen LogP) is 1.86. The number of carbonyl (C=O) groups is 2. The molecule has 3 N–H and O–H groups in total. The van der Waals surface area contributed by atoms with E-state index in [2.05, 4.69) is 10.1 Å². The molecule has 1 atom stereocenters. The zero-order valence-corrected chi connectivity index (χ0v) is 12.1. The second kappa shape index (κ2) is 7.01. The van der Waals surface area contributed by atoms with Gasteiger partial charge in [-0.25, -0.2) is 13.6 Å². The molecule has 1 amide bonds. The molecule has 0 saturated heterocycles. The molecule has 1 aromatic carbocycles. The van der Waals surface area contributed by atoms with Crippen molar-refractivity contribution in [1.29, 1.82) is 0 Å². The topological polar surface area (TPSA) is 81.4 Å². The number of nitrogens with two attached hydrogens (primary N) is 1. The minimum atomic E-state index is -1.15. The number of nitrogen functional groups attached to an aromatic ring is 1. The first-order valence-corrected chi connectivity index (χ1v) is 6.40. The van der Waals surface area contributed by atoms with Crippen molar-refractivity contribution in [3.8, 4) is 0 Å². The lowest BCUT2D eigenvalue weighted by atomic mass is 10.0. The minimum absolute atomic E-state index is 0.0740. The number of rotatable bonds is 5. The van der Waals surface area contributed by atoms with E-state index in [0.29, 0.717) is 0 Å². The van der Waals surface area contributed by atoms with Crippen molar-refractivity contribution < 1.29 is 23.1 Å². The maximum atomic E-state index is 13.8. The van der Waals surface area contributed by atoms with Crippen molar-refractivity contribution in [3.05, 3.63) is 29.3 Å². The maximum absolute atomic E-state index is 13.8. The highest BCUT2D eigenvalue weighted by atomic mass is 19.1. The van der Waals surface area contributed by atoms with Crippen molar-refractivity contribution >= 4 is 17.6 Å². The zero-order chi connectivity index (χ0) is 16.2. The lowest BCUT2D eigenvalue weighted by Crippen LogP contribution is -2.43. The van der Waals surface area contributed by atoms with E-state index in [4.69, 9.17) is 5.73 Å². The summed E-state index contributed by atoms with van der Waals surface area (Å²) in [5, 5.41) is 2.28. The molecule has 1 rings (SSSR count). The van der Waals surface area contributed by atoms with Gasteiger partial charge in [-0.05, 0) is 24.5 Å². The van der Waals surface area contributed by atoms with Gasteiger partial charge in [0.05, 0.1) is 12.8 Å². The van der Waals surface area contributed by atoms with E-state index in [9.17, 15) is 18.4 Å². The number of amides is 1. The van der Waals surface area contributed by atoms with Crippen LogP contribution in [0.5, 0.6) is 0 Å². The monoisotopic (exact) mass is 300 g/mol. The first-order chi connectivity index (χ1) is 9.77. The Bertz CT molecular complexity index is 547. The van der Waals surface area contributed by atoms with Gasteiger partial charge in [-0.2, -0.15) is 0 Å². The minimum Gasteiger partial charge on any atom is -0.467 e. The first-order valence-electron chi connectivity index (χ1n) is 6.40. The summed E-state index contributed by atoms with van der Waals surface area (Å²) in [5.41, 5.74) is 4.15. The molecule has 0 radical (unpaired) electrons. The van der Waals surface area contributed by atoms with Crippen molar-refractivity contribution in [1.82, 2.24) is 5.32 Å². The predicted molar refractivity (Wildman–Crippen MR) is 73.5 cm³/mol. The smallest absolute Gasteiger partial charge is 0.328 e. The number of carbonyl (C=O) groups excluding carboxylic acids is 2. The summed E-state index contributed by atoms with van der Waals surface area (Å²) in [6.45, 7) is 3.67. The van der Waals surface area contributed by atoms with Gasteiger partial charge in [-0.15, -0.1) is 0 Å². The van der Waals surface area contributed by atoms with Crippen LogP contribution in [-0.2, 0) is 9.53 Å². The number of ether oxygens (including phenoxy) is 1. The molecule has 0 aromatic heterocycles. The number of hydrogen-bond donors (Lipinski definition) is 2. The van der Waals surface area contributed by atoms with E-state index in [1.54, 1.807) is 0 Å². The summed E-state index contributed by atoms with van der Waals surface area (Å²) in [6.07, 6.45) is 0.282. The fraction of sp³-hybridized carbons (Fsp3) is 0.429. The van der Waals surface area contributed by atoms with E-state index in [1.807, 2.05) is 13.8 Å². The third kappa shape index (κ3) is 4.14. The Morgan fingerprint density at radius 1 is 1.33 bits per heavy atom. The Labute approximate surface area is 121 Å². The average Bonchev–Trinajstić information content (AvgIpc) is 2.41. The van der Waals surface area contributed by atoms with Gasteiger partial charge in [0, 0.05) is 0 Å². The summed E-state index contributed by atoms with van der Waals surface area (Å²) >= 11 is 0. The Morgan fingerprint density at radius 2 is 1.95 bits per heavy atom. The quantitative estimate of drug-likeness (QED) is 0.642. The molecule has 1 aromatic rings. The molecule has 0 bridgehead atoms. The average molecular weight is 300 g/mol. The summed E-state index contributed by atoms with van der Waals surface area (Å²) in [7, 11) is 1.17. The molecular formula is C14H18F2N2O3. The van der Waals surface area contributed by atoms with Crippen LogP contribution >= 0.6 is 0 Å². The highest BCUT2D eigenvalue weighted by Crippen LogP contribution is 2.19.